The van der Waals surface area contributed by atoms with Gasteiger partial charge in [-0.1, -0.05) is 39.2 Å². The van der Waals surface area contributed by atoms with Gasteiger partial charge in [-0.2, -0.15) is 0 Å². The number of nitrogens with zero attached hydrogens (tertiary/aromatic N) is 1. The summed E-state index contributed by atoms with van der Waals surface area (Å²) in [5.74, 6) is 1.63. The molecule has 2 nitrogen and oxygen atoms in total. The number of unbranched alkanes of at least 4 members (excludes halogenated alkanes) is 1. The molecule has 1 aliphatic carbocycles. The van der Waals surface area contributed by atoms with Gasteiger partial charge in [0.05, 0.1) is 7.11 Å². The second-order valence-electron chi connectivity index (χ2n) is 5.05. The molecule has 0 unspecified atom stereocenters. The Balaban J connectivity index is 2.61. The first-order valence-electron chi connectivity index (χ1n) is 6.66. The molecule has 94 valence electrons. The van der Waals surface area contributed by atoms with Crippen molar-refractivity contribution in [2.45, 2.75) is 52.4 Å². The van der Waals surface area contributed by atoms with E-state index in [0.717, 1.165) is 12.3 Å². The Kier molecular flexibility index (Phi) is 5.89. The zero-order valence-corrected chi connectivity index (χ0v) is 11.3. The SMILES string of the molecule is CCC/C=C(\C1CCC(C)CC1)N(C)OC. The summed E-state index contributed by atoms with van der Waals surface area (Å²) in [5.41, 5.74) is 1.40. The molecule has 0 bridgehead atoms. The molecule has 0 amide bonds. The number of hydrogen-bond donors (Lipinski definition) is 0. The molecule has 0 atom stereocenters. The minimum Gasteiger partial charge on any atom is -0.277 e. The van der Waals surface area contributed by atoms with Crippen molar-refractivity contribution in [3.63, 3.8) is 0 Å². The third-order valence-corrected chi connectivity index (χ3v) is 3.71. The van der Waals surface area contributed by atoms with Gasteiger partial charge in [-0.3, -0.25) is 9.90 Å². The lowest BCUT2D eigenvalue weighted by Gasteiger charge is -2.32. The van der Waals surface area contributed by atoms with Crippen molar-refractivity contribution in [2.75, 3.05) is 14.2 Å². The molecule has 0 aliphatic heterocycles. The van der Waals surface area contributed by atoms with Crippen LogP contribution in [0, 0.1) is 11.8 Å². The monoisotopic (exact) mass is 225 g/mol. The number of allylic oxidation sites excluding steroid dienone is 2. The molecule has 0 spiro atoms. The summed E-state index contributed by atoms with van der Waals surface area (Å²) in [6.07, 6.45) is 10.1. The molecular weight excluding hydrogens is 198 g/mol. The van der Waals surface area contributed by atoms with Crippen molar-refractivity contribution in [3.8, 4) is 0 Å². The number of hydrogen-bond acceptors (Lipinski definition) is 2. The van der Waals surface area contributed by atoms with Crippen LogP contribution in [-0.2, 0) is 4.84 Å². The normalized spacial score (nSPS) is 26.9. The molecule has 0 aromatic rings. The van der Waals surface area contributed by atoms with Gasteiger partial charge >= 0.3 is 0 Å². The molecule has 1 rings (SSSR count). The van der Waals surface area contributed by atoms with Gasteiger partial charge in [-0.25, -0.2) is 0 Å². The second kappa shape index (κ2) is 6.95. The van der Waals surface area contributed by atoms with E-state index in [1.54, 1.807) is 7.11 Å². The van der Waals surface area contributed by atoms with Gasteiger partial charge < -0.3 is 0 Å². The molecule has 0 heterocycles. The Bertz CT molecular complexity index is 217. The topological polar surface area (TPSA) is 12.5 Å². The summed E-state index contributed by atoms with van der Waals surface area (Å²) in [6.45, 7) is 4.59. The van der Waals surface area contributed by atoms with E-state index in [-0.39, 0.29) is 0 Å². The Morgan fingerprint density at radius 2 is 1.94 bits per heavy atom. The zero-order valence-electron chi connectivity index (χ0n) is 11.3. The van der Waals surface area contributed by atoms with Crippen molar-refractivity contribution in [3.05, 3.63) is 11.8 Å². The zero-order chi connectivity index (χ0) is 12.0. The van der Waals surface area contributed by atoms with Crippen LogP contribution in [0.25, 0.3) is 0 Å². The summed E-state index contributed by atoms with van der Waals surface area (Å²) >= 11 is 0. The molecule has 0 saturated heterocycles. The van der Waals surface area contributed by atoms with Gasteiger partial charge in [0, 0.05) is 18.7 Å². The van der Waals surface area contributed by atoms with Crippen LogP contribution >= 0.6 is 0 Å². The lowest BCUT2D eigenvalue weighted by atomic mass is 9.81. The van der Waals surface area contributed by atoms with Crippen molar-refractivity contribution in [2.24, 2.45) is 11.8 Å². The maximum Gasteiger partial charge on any atom is 0.0638 e. The van der Waals surface area contributed by atoms with E-state index in [1.807, 2.05) is 12.1 Å². The lowest BCUT2D eigenvalue weighted by Crippen LogP contribution is -2.25. The van der Waals surface area contributed by atoms with E-state index in [0.29, 0.717) is 5.92 Å². The number of hydroxylamine groups is 2. The van der Waals surface area contributed by atoms with Gasteiger partial charge in [0.2, 0.25) is 0 Å². The van der Waals surface area contributed by atoms with Crippen LogP contribution in [-0.4, -0.2) is 19.2 Å². The van der Waals surface area contributed by atoms with E-state index < -0.39 is 0 Å². The van der Waals surface area contributed by atoms with Gasteiger partial charge in [-0.15, -0.1) is 0 Å². The van der Waals surface area contributed by atoms with Gasteiger partial charge in [0.1, 0.15) is 0 Å². The van der Waals surface area contributed by atoms with Crippen molar-refractivity contribution in [1.29, 1.82) is 0 Å². The van der Waals surface area contributed by atoms with Crippen molar-refractivity contribution in [1.82, 2.24) is 5.06 Å². The van der Waals surface area contributed by atoms with Crippen LogP contribution in [0.1, 0.15) is 52.4 Å². The molecule has 1 aliphatic rings. The van der Waals surface area contributed by atoms with Crippen molar-refractivity contribution >= 4 is 0 Å². The summed E-state index contributed by atoms with van der Waals surface area (Å²) in [5, 5.41) is 1.95. The Labute approximate surface area is 101 Å². The highest BCUT2D eigenvalue weighted by Crippen LogP contribution is 2.34. The van der Waals surface area contributed by atoms with Crippen molar-refractivity contribution < 1.29 is 4.84 Å². The largest absolute Gasteiger partial charge is 0.277 e. The average molecular weight is 225 g/mol. The predicted molar refractivity (Wildman–Crippen MR) is 68.9 cm³/mol. The average Bonchev–Trinajstić information content (AvgIpc) is 2.31. The van der Waals surface area contributed by atoms with Gasteiger partial charge in [0.25, 0.3) is 0 Å². The van der Waals surface area contributed by atoms with E-state index in [2.05, 4.69) is 19.9 Å². The Hall–Kier alpha value is -0.500. The molecular formula is C14H27NO. The van der Waals surface area contributed by atoms with Crippen LogP contribution in [0.15, 0.2) is 11.8 Å². The molecule has 0 aromatic heterocycles. The van der Waals surface area contributed by atoms with E-state index in [1.165, 1.54) is 37.8 Å². The summed E-state index contributed by atoms with van der Waals surface area (Å²) < 4.78 is 0. The molecule has 2 heteroatoms. The highest BCUT2D eigenvalue weighted by atomic mass is 16.7. The van der Waals surface area contributed by atoms with E-state index in [9.17, 15) is 0 Å². The predicted octanol–water partition coefficient (Wildman–Crippen LogP) is 3.99. The third kappa shape index (κ3) is 3.82. The first-order valence-corrected chi connectivity index (χ1v) is 6.66. The standard InChI is InChI=1S/C14H27NO/c1-5-6-7-14(15(3)16-4)13-10-8-12(2)9-11-13/h7,12-13H,5-6,8-11H2,1-4H3/b14-7+. The summed E-state index contributed by atoms with van der Waals surface area (Å²) in [4.78, 5) is 5.35. The highest BCUT2D eigenvalue weighted by Gasteiger charge is 2.23. The minimum atomic E-state index is 0.715. The molecule has 16 heavy (non-hydrogen) atoms. The Morgan fingerprint density at radius 1 is 1.31 bits per heavy atom. The fraction of sp³-hybridized carbons (Fsp3) is 0.857. The molecule has 0 radical (unpaired) electrons. The fourth-order valence-electron chi connectivity index (χ4n) is 2.51. The third-order valence-electron chi connectivity index (χ3n) is 3.71. The van der Waals surface area contributed by atoms with Crippen LogP contribution < -0.4 is 0 Å². The second-order valence-corrected chi connectivity index (χ2v) is 5.05. The maximum absolute atomic E-state index is 5.35. The Morgan fingerprint density at radius 3 is 2.44 bits per heavy atom. The van der Waals surface area contributed by atoms with Crippen LogP contribution in [0.3, 0.4) is 0 Å². The summed E-state index contributed by atoms with van der Waals surface area (Å²) in [7, 11) is 3.78. The van der Waals surface area contributed by atoms with E-state index >= 15 is 0 Å². The summed E-state index contributed by atoms with van der Waals surface area (Å²) in [6, 6.07) is 0. The van der Waals surface area contributed by atoms with Crippen LogP contribution in [0.4, 0.5) is 0 Å². The number of rotatable bonds is 5. The van der Waals surface area contributed by atoms with Crippen LogP contribution in [0.5, 0.6) is 0 Å². The van der Waals surface area contributed by atoms with Crippen LogP contribution in [0.2, 0.25) is 0 Å². The molecule has 1 saturated carbocycles. The minimum absolute atomic E-state index is 0.715. The van der Waals surface area contributed by atoms with E-state index in [4.69, 9.17) is 4.84 Å². The first kappa shape index (κ1) is 13.6. The maximum atomic E-state index is 5.35. The highest BCUT2D eigenvalue weighted by molar-refractivity contribution is 5.04. The lowest BCUT2D eigenvalue weighted by molar-refractivity contribution is -0.0881. The fourth-order valence-corrected chi connectivity index (χ4v) is 2.51. The van der Waals surface area contributed by atoms with Gasteiger partial charge in [0.15, 0.2) is 0 Å². The molecule has 0 aromatic carbocycles. The molecule has 1 fully saturated rings. The quantitative estimate of drug-likeness (QED) is 0.656. The first-order chi connectivity index (χ1) is 7.69. The smallest absolute Gasteiger partial charge is 0.0638 e. The molecule has 0 N–H and O–H groups in total. The van der Waals surface area contributed by atoms with Gasteiger partial charge in [-0.05, 0) is 25.2 Å².